The smallest absolute Gasteiger partial charge is 0.0433 e. The highest BCUT2D eigenvalue weighted by atomic mass is 32.1. The molecule has 0 nitrogen and oxygen atoms in total. The first-order chi connectivity index (χ1) is 20.3. The van der Waals surface area contributed by atoms with Gasteiger partial charge in [-0.2, -0.15) is 0 Å². The summed E-state index contributed by atoms with van der Waals surface area (Å²) in [6.45, 7) is 0. The first-order valence-electron chi connectivity index (χ1n) is 14.3. The minimum absolute atomic E-state index is 1.04. The lowest BCUT2D eigenvalue weighted by Gasteiger charge is -2.20. The number of benzene rings is 6. The van der Waals surface area contributed by atoms with Gasteiger partial charge in [0.05, 0.1) is 0 Å². The lowest BCUT2D eigenvalue weighted by molar-refractivity contribution is 1.00. The summed E-state index contributed by atoms with van der Waals surface area (Å²) >= 11 is 1.91. The van der Waals surface area contributed by atoms with E-state index in [-0.39, 0.29) is 0 Å². The van der Waals surface area contributed by atoms with E-state index in [2.05, 4.69) is 146 Å². The van der Waals surface area contributed by atoms with E-state index in [0.717, 1.165) is 12.8 Å². The van der Waals surface area contributed by atoms with Gasteiger partial charge in [0.15, 0.2) is 0 Å². The monoisotopic (exact) mass is 540 g/mol. The Labute approximate surface area is 244 Å². The molecule has 0 saturated carbocycles. The molecule has 1 heterocycles. The molecule has 6 aromatic carbocycles. The van der Waals surface area contributed by atoms with Crippen LogP contribution in [0.2, 0.25) is 0 Å². The molecule has 0 unspecified atom stereocenters. The fraction of sp³-hybridized carbons (Fsp3) is 0.0500. The van der Waals surface area contributed by atoms with Crippen LogP contribution in [0, 0.1) is 0 Å². The van der Waals surface area contributed by atoms with E-state index < -0.39 is 0 Å². The molecule has 0 N–H and O–H groups in total. The summed E-state index contributed by atoms with van der Waals surface area (Å²) in [6.07, 6.45) is 4.51. The van der Waals surface area contributed by atoms with Crippen molar-refractivity contribution < 1.29 is 0 Å². The second kappa shape index (κ2) is 10.0. The lowest BCUT2D eigenvalue weighted by Crippen LogP contribution is -2.00. The highest BCUT2D eigenvalue weighted by molar-refractivity contribution is 7.26. The summed E-state index contributed by atoms with van der Waals surface area (Å²) in [7, 11) is 0. The van der Waals surface area contributed by atoms with Gasteiger partial charge in [-0.15, -0.1) is 11.3 Å². The molecule has 0 fully saturated rings. The van der Waals surface area contributed by atoms with Crippen LogP contribution in [0.3, 0.4) is 0 Å². The number of thiophene rings is 1. The molecule has 1 aliphatic rings. The minimum atomic E-state index is 1.04. The van der Waals surface area contributed by atoms with Crippen molar-refractivity contribution in [2.75, 3.05) is 0 Å². The molecule has 1 aliphatic carbocycles. The Morgan fingerprint density at radius 3 is 1.85 bits per heavy atom. The van der Waals surface area contributed by atoms with Gasteiger partial charge in [0.25, 0.3) is 0 Å². The molecule has 0 atom stereocenters. The van der Waals surface area contributed by atoms with Gasteiger partial charge in [0.1, 0.15) is 0 Å². The van der Waals surface area contributed by atoms with Crippen molar-refractivity contribution in [1.29, 1.82) is 0 Å². The minimum Gasteiger partial charge on any atom is -0.135 e. The van der Waals surface area contributed by atoms with E-state index in [1.54, 1.807) is 0 Å². The molecule has 1 aromatic heterocycles. The third kappa shape index (κ3) is 4.40. The molecular formula is C40H28S. The van der Waals surface area contributed by atoms with Crippen molar-refractivity contribution in [2.45, 2.75) is 12.8 Å². The van der Waals surface area contributed by atoms with E-state index in [9.17, 15) is 0 Å². The quantitative estimate of drug-likeness (QED) is 0.208. The average molecular weight is 541 g/mol. The molecule has 0 bridgehead atoms. The van der Waals surface area contributed by atoms with Gasteiger partial charge in [0.2, 0.25) is 0 Å². The first-order valence-corrected chi connectivity index (χ1v) is 15.1. The lowest BCUT2D eigenvalue weighted by atomic mass is 9.85. The van der Waals surface area contributed by atoms with Gasteiger partial charge in [0, 0.05) is 20.2 Å². The van der Waals surface area contributed by atoms with Crippen molar-refractivity contribution in [3.63, 3.8) is 0 Å². The predicted molar refractivity (Wildman–Crippen MR) is 178 cm³/mol. The summed E-state index contributed by atoms with van der Waals surface area (Å²) in [4.78, 5) is 0. The van der Waals surface area contributed by atoms with Crippen LogP contribution in [0.4, 0.5) is 0 Å². The van der Waals surface area contributed by atoms with Crippen LogP contribution < -0.4 is 0 Å². The normalized spacial score (nSPS) is 12.8. The summed E-state index contributed by atoms with van der Waals surface area (Å²) < 4.78 is 2.74. The zero-order valence-electron chi connectivity index (χ0n) is 22.7. The fourth-order valence-corrected chi connectivity index (χ4v) is 7.51. The SMILES string of the molecule is C1=C(c2cc(-c3ccccc3)cc(-c3ccccc3)c2)CCc2cc(-c3cccc4c3sc3ccccc34)ccc21. The number of hydrogen-bond acceptors (Lipinski definition) is 1. The van der Waals surface area contributed by atoms with Crippen molar-refractivity contribution in [1.82, 2.24) is 0 Å². The van der Waals surface area contributed by atoms with Crippen LogP contribution in [0.15, 0.2) is 140 Å². The van der Waals surface area contributed by atoms with Crippen LogP contribution in [0.25, 0.3) is 65.2 Å². The number of fused-ring (bicyclic) bond motifs is 4. The summed E-state index contributed by atoms with van der Waals surface area (Å²) in [6, 6.07) is 51.1. The van der Waals surface area contributed by atoms with Gasteiger partial charge in [-0.05, 0) is 92.8 Å². The van der Waals surface area contributed by atoms with Crippen molar-refractivity contribution in [2.24, 2.45) is 0 Å². The van der Waals surface area contributed by atoms with Crippen molar-refractivity contribution in [3.8, 4) is 33.4 Å². The number of rotatable bonds is 4. The summed E-state index contributed by atoms with van der Waals surface area (Å²) in [5.41, 5.74) is 13.2. The van der Waals surface area contributed by atoms with Gasteiger partial charge in [-0.3, -0.25) is 0 Å². The molecule has 0 saturated heterocycles. The van der Waals surface area contributed by atoms with Gasteiger partial charge < -0.3 is 0 Å². The van der Waals surface area contributed by atoms with E-state index in [1.165, 1.54) is 75.8 Å². The second-order valence-electron chi connectivity index (χ2n) is 10.9. The van der Waals surface area contributed by atoms with Crippen LogP contribution >= 0.6 is 11.3 Å². The second-order valence-corrected chi connectivity index (χ2v) is 11.9. The Bertz CT molecular complexity index is 2020. The van der Waals surface area contributed by atoms with Crippen LogP contribution in [0.1, 0.15) is 23.1 Å². The summed E-state index contributed by atoms with van der Waals surface area (Å²) in [5.74, 6) is 0. The van der Waals surface area contributed by atoms with E-state index in [4.69, 9.17) is 0 Å². The number of allylic oxidation sites excluding steroid dienone is 1. The zero-order chi connectivity index (χ0) is 27.2. The maximum absolute atomic E-state index is 2.43. The van der Waals surface area contributed by atoms with Crippen LogP contribution in [0.5, 0.6) is 0 Å². The molecule has 41 heavy (non-hydrogen) atoms. The highest BCUT2D eigenvalue weighted by Gasteiger charge is 2.17. The van der Waals surface area contributed by atoms with E-state index in [1.807, 2.05) is 11.3 Å². The number of aryl methyl sites for hydroxylation is 1. The maximum Gasteiger partial charge on any atom is 0.0433 e. The fourth-order valence-electron chi connectivity index (χ4n) is 6.27. The standard InChI is InChI=1S/C40H28S/c1-3-10-27(11-4-1)33-24-34(28-12-5-2-6-13-28)26-35(25-33)31-19-18-30-23-32(21-20-29(30)22-31)36-15-9-16-38-37-14-7-8-17-39(37)41-40(36)38/h1-17,20-26H,18-19H2. The van der Waals surface area contributed by atoms with E-state index in [0.29, 0.717) is 0 Å². The molecule has 194 valence electrons. The first kappa shape index (κ1) is 24.1. The van der Waals surface area contributed by atoms with Gasteiger partial charge >= 0.3 is 0 Å². The zero-order valence-corrected chi connectivity index (χ0v) is 23.5. The molecule has 0 aliphatic heterocycles. The molecule has 0 radical (unpaired) electrons. The predicted octanol–water partition coefficient (Wildman–Crippen LogP) is 11.5. The highest BCUT2D eigenvalue weighted by Crippen LogP contribution is 2.41. The third-order valence-electron chi connectivity index (χ3n) is 8.37. The molecule has 7 aromatic rings. The van der Waals surface area contributed by atoms with Crippen LogP contribution in [-0.2, 0) is 6.42 Å². The van der Waals surface area contributed by atoms with Gasteiger partial charge in [-0.25, -0.2) is 0 Å². The molecular weight excluding hydrogens is 513 g/mol. The molecule has 0 amide bonds. The van der Waals surface area contributed by atoms with Crippen LogP contribution in [-0.4, -0.2) is 0 Å². The Morgan fingerprint density at radius 2 is 1.10 bits per heavy atom. The Hall–Kier alpha value is -4.72. The maximum atomic E-state index is 2.43. The number of hydrogen-bond donors (Lipinski definition) is 0. The molecule has 0 spiro atoms. The molecule has 1 heteroatoms. The Morgan fingerprint density at radius 1 is 0.439 bits per heavy atom. The van der Waals surface area contributed by atoms with Gasteiger partial charge in [-0.1, -0.05) is 121 Å². The Kier molecular flexibility index (Phi) is 5.90. The average Bonchev–Trinajstić information content (AvgIpc) is 3.44. The van der Waals surface area contributed by atoms with E-state index >= 15 is 0 Å². The Balaban J connectivity index is 1.20. The topological polar surface area (TPSA) is 0 Å². The third-order valence-corrected chi connectivity index (χ3v) is 9.59. The largest absolute Gasteiger partial charge is 0.135 e. The van der Waals surface area contributed by atoms with Crippen molar-refractivity contribution in [3.05, 3.63) is 156 Å². The summed E-state index contributed by atoms with van der Waals surface area (Å²) in [5, 5.41) is 2.71. The molecule has 8 rings (SSSR count). The van der Waals surface area contributed by atoms with Crippen molar-refractivity contribution >= 4 is 43.2 Å².